The third kappa shape index (κ3) is 3.30. The maximum Gasteiger partial charge on any atom is 0.347 e. The molecule has 0 saturated carbocycles. The minimum absolute atomic E-state index is 0.0219. The number of rotatable bonds is 4. The second-order valence-corrected chi connectivity index (χ2v) is 6.19. The van der Waals surface area contributed by atoms with E-state index in [1.165, 1.54) is 12.1 Å². The Balaban J connectivity index is 1.60. The normalized spacial score (nSPS) is 15.9. The van der Waals surface area contributed by atoms with E-state index >= 15 is 0 Å². The van der Waals surface area contributed by atoms with E-state index in [9.17, 15) is 9.18 Å². The lowest BCUT2D eigenvalue weighted by Crippen LogP contribution is -2.32. The number of aromatic nitrogens is 3. The highest BCUT2D eigenvalue weighted by molar-refractivity contribution is 5.75. The Morgan fingerprint density at radius 2 is 2.30 bits per heavy atom. The Kier molecular flexibility index (Phi) is 4.39. The van der Waals surface area contributed by atoms with E-state index in [0.717, 1.165) is 5.82 Å². The summed E-state index contributed by atoms with van der Waals surface area (Å²) in [7, 11) is 0. The molecule has 2 aromatic heterocycles. The van der Waals surface area contributed by atoms with Gasteiger partial charge in [-0.3, -0.25) is 4.40 Å². The molecule has 0 radical (unpaired) electrons. The highest BCUT2D eigenvalue weighted by Crippen LogP contribution is 2.35. The molecule has 1 atom stereocenters. The molecule has 0 fully saturated rings. The number of imidazole rings is 1. The monoisotopic (exact) mass is 371 g/mol. The first-order valence-corrected chi connectivity index (χ1v) is 8.69. The summed E-state index contributed by atoms with van der Waals surface area (Å²) < 4.78 is 32.5. The largest absolute Gasteiger partial charge is 0.478 e. The van der Waals surface area contributed by atoms with Crippen molar-refractivity contribution in [3.8, 4) is 17.4 Å². The predicted octanol–water partition coefficient (Wildman–Crippen LogP) is 3.23. The number of carbonyl (C=O) groups excluding carboxylic acids is 1. The molecule has 0 N–H and O–H groups in total. The van der Waals surface area contributed by atoms with Gasteiger partial charge in [-0.05, 0) is 38.3 Å². The first-order valence-electron chi connectivity index (χ1n) is 8.69. The van der Waals surface area contributed by atoms with E-state index in [-0.39, 0.29) is 18.2 Å². The van der Waals surface area contributed by atoms with Gasteiger partial charge in [-0.2, -0.15) is 4.98 Å². The fraction of sp³-hybridized carbons (Fsp3) is 0.316. The molecule has 1 aliphatic heterocycles. The zero-order valence-corrected chi connectivity index (χ0v) is 14.9. The van der Waals surface area contributed by atoms with Crippen LogP contribution in [-0.4, -0.2) is 33.0 Å². The highest BCUT2D eigenvalue weighted by Gasteiger charge is 2.28. The van der Waals surface area contributed by atoms with Crippen LogP contribution in [-0.2, 0) is 16.0 Å². The number of ether oxygens (including phenoxy) is 3. The lowest BCUT2D eigenvalue weighted by atomic mass is 10.0. The SMILES string of the molecule is CCOC(=O)[C@H]1CCc2cc(F)c(Oc3ccn4c(C)ncc4n3)cc2O1. The number of nitrogens with zero attached hydrogens (tertiary/aromatic N) is 3. The third-order valence-electron chi connectivity index (χ3n) is 4.38. The first kappa shape index (κ1) is 17.3. The van der Waals surface area contributed by atoms with E-state index in [1.807, 2.05) is 6.92 Å². The molecule has 140 valence electrons. The molecule has 0 spiro atoms. The average Bonchev–Trinajstić information content (AvgIpc) is 3.02. The molecule has 27 heavy (non-hydrogen) atoms. The molecule has 0 bridgehead atoms. The molecule has 1 aromatic carbocycles. The summed E-state index contributed by atoms with van der Waals surface area (Å²) in [6, 6.07) is 4.44. The maximum absolute atomic E-state index is 14.4. The minimum Gasteiger partial charge on any atom is -0.478 e. The van der Waals surface area contributed by atoms with Crippen molar-refractivity contribution in [3.05, 3.63) is 47.8 Å². The molecule has 0 aliphatic carbocycles. The summed E-state index contributed by atoms with van der Waals surface area (Å²) in [4.78, 5) is 20.4. The van der Waals surface area contributed by atoms with Crippen molar-refractivity contribution in [1.82, 2.24) is 14.4 Å². The molecule has 8 heteroatoms. The summed E-state index contributed by atoms with van der Waals surface area (Å²) in [6.45, 7) is 3.88. The Bertz CT molecular complexity index is 1020. The molecule has 4 rings (SSSR count). The van der Waals surface area contributed by atoms with E-state index in [2.05, 4.69) is 9.97 Å². The Morgan fingerprint density at radius 1 is 1.44 bits per heavy atom. The van der Waals surface area contributed by atoms with Crippen molar-refractivity contribution in [2.75, 3.05) is 6.61 Å². The second-order valence-electron chi connectivity index (χ2n) is 6.19. The lowest BCUT2D eigenvalue weighted by molar-refractivity contribution is -0.152. The average molecular weight is 371 g/mol. The number of carbonyl (C=O) groups is 1. The van der Waals surface area contributed by atoms with Crippen molar-refractivity contribution in [2.45, 2.75) is 32.8 Å². The van der Waals surface area contributed by atoms with E-state index in [1.54, 1.807) is 29.8 Å². The number of halogens is 1. The number of benzene rings is 1. The number of esters is 1. The molecule has 0 amide bonds. The zero-order valence-electron chi connectivity index (χ0n) is 14.9. The van der Waals surface area contributed by atoms with Gasteiger partial charge in [0.15, 0.2) is 23.3 Å². The first-order chi connectivity index (χ1) is 13.0. The number of hydrogen-bond acceptors (Lipinski definition) is 6. The van der Waals surface area contributed by atoms with Gasteiger partial charge < -0.3 is 14.2 Å². The number of fused-ring (bicyclic) bond motifs is 2. The fourth-order valence-corrected chi connectivity index (χ4v) is 3.03. The van der Waals surface area contributed by atoms with Crippen molar-refractivity contribution >= 4 is 11.6 Å². The quantitative estimate of drug-likeness (QED) is 0.656. The third-order valence-corrected chi connectivity index (χ3v) is 4.38. The van der Waals surface area contributed by atoms with Crippen LogP contribution in [0, 0.1) is 12.7 Å². The van der Waals surface area contributed by atoms with Crippen LogP contribution in [0.1, 0.15) is 24.7 Å². The van der Waals surface area contributed by atoms with Gasteiger partial charge in [0.1, 0.15) is 11.6 Å². The molecule has 7 nitrogen and oxygen atoms in total. The Morgan fingerprint density at radius 3 is 3.11 bits per heavy atom. The van der Waals surface area contributed by atoms with Crippen LogP contribution in [0.15, 0.2) is 30.6 Å². The van der Waals surface area contributed by atoms with Gasteiger partial charge >= 0.3 is 5.97 Å². The van der Waals surface area contributed by atoms with Crippen LogP contribution in [0.4, 0.5) is 4.39 Å². The Hall–Kier alpha value is -3.16. The Labute approximate surface area is 154 Å². The zero-order chi connectivity index (χ0) is 19.0. The van der Waals surface area contributed by atoms with Gasteiger partial charge in [-0.1, -0.05) is 0 Å². The summed E-state index contributed by atoms with van der Waals surface area (Å²) in [5.41, 5.74) is 1.29. The second kappa shape index (κ2) is 6.86. The molecule has 3 heterocycles. The van der Waals surface area contributed by atoms with Crippen molar-refractivity contribution in [3.63, 3.8) is 0 Å². The smallest absolute Gasteiger partial charge is 0.347 e. The molecule has 3 aromatic rings. The van der Waals surface area contributed by atoms with Crippen LogP contribution < -0.4 is 9.47 Å². The summed E-state index contributed by atoms with van der Waals surface area (Å²) in [6.07, 6.45) is 3.64. The van der Waals surface area contributed by atoms with Gasteiger partial charge in [-0.25, -0.2) is 14.2 Å². The molecule has 0 saturated heterocycles. The van der Waals surface area contributed by atoms with Crippen LogP contribution in [0.25, 0.3) is 5.65 Å². The van der Waals surface area contributed by atoms with Crippen LogP contribution in [0.3, 0.4) is 0 Å². The van der Waals surface area contributed by atoms with E-state index in [0.29, 0.717) is 29.8 Å². The number of hydrogen-bond donors (Lipinski definition) is 0. The van der Waals surface area contributed by atoms with Crippen LogP contribution in [0.5, 0.6) is 17.4 Å². The molecular weight excluding hydrogens is 353 g/mol. The van der Waals surface area contributed by atoms with Gasteiger partial charge in [0.2, 0.25) is 5.88 Å². The standard InChI is InChI=1S/C19H18FN3O4/c1-3-25-19(24)14-5-4-12-8-13(20)16(9-15(12)26-14)27-18-6-7-23-11(2)21-10-17(23)22-18/h6-10,14H,3-5H2,1-2H3/t14-/m1/s1. The van der Waals surface area contributed by atoms with Gasteiger partial charge in [0.05, 0.1) is 12.8 Å². The van der Waals surface area contributed by atoms with Crippen molar-refractivity contribution < 1.29 is 23.4 Å². The molecular formula is C19H18FN3O4. The van der Waals surface area contributed by atoms with E-state index < -0.39 is 17.9 Å². The van der Waals surface area contributed by atoms with Crippen molar-refractivity contribution in [1.29, 1.82) is 0 Å². The van der Waals surface area contributed by atoms with Gasteiger partial charge in [0, 0.05) is 18.3 Å². The maximum atomic E-state index is 14.4. The molecule has 0 unspecified atom stereocenters. The predicted molar refractivity (Wildman–Crippen MR) is 93.6 cm³/mol. The minimum atomic E-state index is -0.694. The fourth-order valence-electron chi connectivity index (χ4n) is 3.03. The molecule has 1 aliphatic rings. The highest BCUT2D eigenvalue weighted by atomic mass is 19.1. The summed E-state index contributed by atoms with van der Waals surface area (Å²) >= 11 is 0. The lowest BCUT2D eigenvalue weighted by Gasteiger charge is -2.25. The van der Waals surface area contributed by atoms with Gasteiger partial charge in [-0.15, -0.1) is 0 Å². The summed E-state index contributed by atoms with van der Waals surface area (Å²) in [5.74, 6) is 0.487. The summed E-state index contributed by atoms with van der Waals surface area (Å²) in [5, 5.41) is 0. The number of aryl methyl sites for hydroxylation is 2. The topological polar surface area (TPSA) is 75.0 Å². The van der Waals surface area contributed by atoms with Crippen LogP contribution >= 0.6 is 0 Å². The van der Waals surface area contributed by atoms with E-state index in [4.69, 9.17) is 14.2 Å². The van der Waals surface area contributed by atoms with Crippen molar-refractivity contribution in [2.24, 2.45) is 0 Å². The van der Waals surface area contributed by atoms with Crippen LogP contribution in [0.2, 0.25) is 0 Å². The van der Waals surface area contributed by atoms with Gasteiger partial charge in [0.25, 0.3) is 0 Å².